The van der Waals surface area contributed by atoms with E-state index >= 15 is 0 Å². The largest absolute Gasteiger partial charge is 0.504 e. The van der Waals surface area contributed by atoms with Crippen LogP contribution in [0.25, 0.3) is 17.2 Å². The maximum Gasteiger partial charge on any atom is 0.416 e. The predicted octanol–water partition coefficient (Wildman–Crippen LogP) is 3.67. The van der Waals surface area contributed by atoms with E-state index in [1.807, 2.05) is 30.0 Å². The summed E-state index contributed by atoms with van der Waals surface area (Å²) in [5.41, 5.74) is 3.46. The molecule has 5 aromatic rings. The van der Waals surface area contributed by atoms with Crippen molar-refractivity contribution in [3.05, 3.63) is 91.9 Å². The molecule has 2 N–H and O–H groups in total. The van der Waals surface area contributed by atoms with Gasteiger partial charge in [-0.2, -0.15) is 22.7 Å². The van der Waals surface area contributed by atoms with Gasteiger partial charge in [-0.15, -0.1) is 5.10 Å². The molecule has 0 atom stereocenters. The van der Waals surface area contributed by atoms with Crippen LogP contribution in [-0.2, 0) is 54.7 Å². The van der Waals surface area contributed by atoms with Crippen molar-refractivity contribution in [2.24, 2.45) is 0 Å². The third kappa shape index (κ3) is 5.93. The van der Waals surface area contributed by atoms with Crippen LogP contribution in [0.15, 0.2) is 41.5 Å². The number of nitrogens with one attached hydrogen (secondary N) is 1. The molecule has 0 radical (unpaired) electrons. The van der Waals surface area contributed by atoms with Crippen LogP contribution < -0.4 is 15.8 Å². The molecule has 0 bridgehead atoms. The molecule has 2 aliphatic heterocycles. The van der Waals surface area contributed by atoms with Crippen molar-refractivity contribution in [2.75, 3.05) is 36.4 Å². The molecule has 5 heterocycles. The van der Waals surface area contributed by atoms with E-state index in [0.29, 0.717) is 48.6 Å². The van der Waals surface area contributed by atoms with Crippen LogP contribution in [0.5, 0.6) is 5.75 Å². The fourth-order valence-electron chi connectivity index (χ4n) is 7.32. The average Bonchev–Trinajstić information content (AvgIpc) is 3.78. The van der Waals surface area contributed by atoms with Gasteiger partial charge in [0.25, 0.3) is 11.5 Å². The molecule has 2 aromatic carbocycles. The molecule has 1 fully saturated rings. The van der Waals surface area contributed by atoms with E-state index in [-0.39, 0.29) is 79.1 Å². The number of aryl methyl sites for hydroxylation is 1. The van der Waals surface area contributed by atoms with Crippen LogP contribution in [0.2, 0.25) is 0 Å². The number of benzene rings is 2. The molecule has 3 aromatic heterocycles. The summed E-state index contributed by atoms with van der Waals surface area (Å²) in [5, 5.41) is 17.8. The average molecular weight is 730 g/mol. The molecule has 2 amide bonds. The Hall–Kier alpha value is -5.84. The van der Waals surface area contributed by atoms with Gasteiger partial charge in [0.1, 0.15) is 18.6 Å². The van der Waals surface area contributed by atoms with E-state index < -0.39 is 29.1 Å². The first-order valence-electron chi connectivity index (χ1n) is 17.2. The summed E-state index contributed by atoms with van der Waals surface area (Å²) in [6.45, 7) is 4.97. The number of piperazine rings is 1. The standard InChI is InChI=1S/C36H34F3N9O5/c1-3-27-30(45-10-12-46(13-11-45)33(51)29-31(50)19(2)40-18-41-29)34(52)48-35(43-32(44-48)20-4-5-21-16-53-17-22(21)14-20)47(27)15-28(49)42-26-9-8-25(36(37,38)39)23-6-7-24(23)26/h4-5,8-9,14,18,50H,3,6-7,10-13,15-17H2,1-2H3,(H,42,49). The Bertz CT molecular complexity index is 2380. The second-order valence-electron chi connectivity index (χ2n) is 13.3. The summed E-state index contributed by atoms with van der Waals surface area (Å²) >= 11 is 0. The van der Waals surface area contributed by atoms with Crippen LogP contribution in [0.1, 0.15) is 56.6 Å². The zero-order valence-electron chi connectivity index (χ0n) is 28.8. The predicted molar refractivity (Wildman–Crippen MR) is 185 cm³/mol. The third-order valence-electron chi connectivity index (χ3n) is 10.2. The number of anilines is 2. The lowest BCUT2D eigenvalue weighted by Crippen LogP contribution is -2.51. The van der Waals surface area contributed by atoms with Crippen molar-refractivity contribution >= 4 is 29.0 Å². The van der Waals surface area contributed by atoms with Crippen molar-refractivity contribution in [1.29, 1.82) is 0 Å². The molecule has 274 valence electrons. The first-order chi connectivity index (χ1) is 25.4. The smallest absolute Gasteiger partial charge is 0.416 e. The van der Waals surface area contributed by atoms with Crippen LogP contribution >= 0.6 is 0 Å². The maximum atomic E-state index is 14.4. The summed E-state index contributed by atoms with van der Waals surface area (Å²) in [4.78, 5) is 57.4. The van der Waals surface area contributed by atoms with Gasteiger partial charge in [-0.05, 0) is 66.6 Å². The fourth-order valence-corrected chi connectivity index (χ4v) is 7.32. The number of carbonyl (C=O) groups excluding carboxylic acids is 2. The number of carbonyl (C=O) groups is 2. The molecule has 8 rings (SSSR count). The highest BCUT2D eigenvalue weighted by Crippen LogP contribution is 2.41. The summed E-state index contributed by atoms with van der Waals surface area (Å²) in [7, 11) is 0. The van der Waals surface area contributed by atoms with Gasteiger partial charge in [0, 0.05) is 37.4 Å². The normalized spacial score (nSPS) is 15.3. The Balaban J connectivity index is 1.15. The maximum absolute atomic E-state index is 14.4. The van der Waals surface area contributed by atoms with E-state index in [1.165, 1.54) is 16.9 Å². The number of halogens is 3. The van der Waals surface area contributed by atoms with E-state index in [1.54, 1.807) is 16.4 Å². The number of aromatic nitrogens is 6. The number of hydrogen-bond donors (Lipinski definition) is 2. The number of ether oxygens (including phenoxy) is 1. The van der Waals surface area contributed by atoms with E-state index in [0.717, 1.165) is 17.2 Å². The summed E-state index contributed by atoms with van der Waals surface area (Å²) in [5.74, 6) is -0.874. The molecular formula is C36H34F3N9O5. The number of aromatic hydroxyl groups is 1. The highest BCUT2D eigenvalue weighted by molar-refractivity contribution is 5.95. The van der Waals surface area contributed by atoms with E-state index in [4.69, 9.17) is 9.72 Å². The zero-order valence-corrected chi connectivity index (χ0v) is 28.8. The molecule has 1 saturated heterocycles. The highest BCUT2D eigenvalue weighted by Gasteiger charge is 2.37. The lowest BCUT2D eigenvalue weighted by atomic mass is 9.83. The van der Waals surface area contributed by atoms with Gasteiger partial charge >= 0.3 is 6.18 Å². The Kier molecular flexibility index (Phi) is 8.39. The van der Waals surface area contributed by atoms with E-state index in [2.05, 4.69) is 20.4 Å². The third-order valence-corrected chi connectivity index (χ3v) is 10.2. The van der Waals surface area contributed by atoms with Gasteiger partial charge in [-0.25, -0.2) is 9.97 Å². The first kappa shape index (κ1) is 34.3. The Labute approximate surface area is 299 Å². The Morgan fingerprint density at radius 1 is 1.00 bits per heavy atom. The minimum atomic E-state index is -4.49. The molecule has 17 heteroatoms. The van der Waals surface area contributed by atoms with Gasteiger partial charge in [-0.3, -0.25) is 14.4 Å². The van der Waals surface area contributed by atoms with Crippen molar-refractivity contribution in [1.82, 2.24) is 34.0 Å². The van der Waals surface area contributed by atoms with Crippen LogP contribution in [0.3, 0.4) is 0 Å². The molecule has 0 unspecified atom stereocenters. The molecule has 0 spiro atoms. The number of hydrogen-bond acceptors (Lipinski definition) is 10. The molecule has 1 aliphatic carbocycles. The molecular weight excluding hydrogens is 695 g/mol. The number of rotatable bonds is 7. The van der Waals surface area contributed by atoms with Gasteiger partial charge < -0.3 is 29.5 Å². The van der Waals surface area contributed by atoms with Crippen LogP contribution in [-0.4, -0.2) is 77.1 Å². The summed E-state index contributed by atoms with van der Waals surface area (Å²) in [6.07, 6.45) is -2.28. The Morgan fingerprint density at radius 2 is 1.75 bits per heavy atom. The van der Waals surface area contributed by atoms with Gasteiger partial charge in [0.15, 0.2) is 17.3 Å². The second-order valence-corrected chi connectivity index (χ2v) is 13.3. The number of nitrogens with zero attached hydrogens (tertiary/aromatic N) is 8. The Morgan fingerprint density at radius 3 is 2.47 bits per heavy atom. The topological polar surface area (TPSA) is 160 Å². The van der Waals surface area contributed by atoms with Gasteiger partial charge in [0.2, 0.25) is 11.7 Å². The lowest BCUT2D eigenvalue weighted by molar-refractivity contribution is -0.138. The molecule has 14 nitrogen and oxygen atoms in total. The quantitative estimate of drug-likeness (QED) is 0.253. The van der Waals surface area contributed by atoms with Crippen molar-refractivity contribution in [3.8, 4) is 17.1 Å². The molecule has 3 aliphatic rings. The monoisotopic (exact) mass is 729 g/mol. The van der Waals surface area contributed by atoms with Crippen molar-refractivity contribution < 1.29 is 32.6 Å². The highest BCUT2D eigenvalue weighted by atomic mass is 19.4. The van der Waals surface area contributed by atoms with Gasteiger partial charge in [-0.1, -0.05) is 19.1 Å². The minimum absolute atomic E-state index is 0.105. The second kappa shape index (κ2) is 13.0. The number of fused-ring (bicyclic) bond motifs is 3. The minimum Gasteiger partial charge on any atom is -0.504 e. The number of alkyl halides is 3. The molecule has 0 saturated carbocycles. The summed E-state index contributed by atoms with van der Waals surface area (Å²) in [6, 6.07) is 7.96. The molecule has 53 heavy (non-hydrogen) atoms. The summed E-state index contributed by atoms with van der Waals surface area (Å²) < 4.78 is 49.1. The van der Waals surface area contributed by atoms with Crippen molar-refractivity contribution in [2.45, 2.75) is 59.0 Å². The fraction of sp³-hybridized carbons (Fsp3) is 0.361. The first-order valence-corrected chi connectivity index (χ1v) is 17.2. The zero-order chi connectivity index (χ0) is 37.2. The number of amides is 2. The van der Waals surface area contributed by atoms with E-state index in [9.17, 15) is 32.7 Å². The van der Waals surface area contributed by atoms with Gasteiger partial charge in [0.05, 0.1) is 30.2 Å². The van der Waals surface area contributed by atoms with Crippen molar-refractivity contribution in [3.63, 3.8) is 0 Å². The van der Waals surface area contributed by atoms with Crippen LogP contribution in [0.4, 0.5) is 24.5 Å². The lowest BCUT2D eigenvalue weighted by Gasteiger charge is -2.36. The van der Waals surface area contributed by atoms with Crippen LogP contribution in [0, 0.1) is 6.92 Å². The SMILES string of the molecule is CCc1c(N2CCN(C(=O)c3ncnc(C)c3O)CC2)c(=O)n2nc(-c3ccc4c(c3)COC4)nc2n1CC(=O)Nc1ccc(C(F)(F)F)c2c1CC2.